The maximum Gasteiger partial charge on any atom is 0.192 e. The average molecular weight is 354 g/mol. The van der Waals surface area contributed by atoms with Crippen LogP contribution in [0.5, 0.6) is 0 Å². The maximum absolute atomic E-state index is 11.5. The molecule has 0 N–H and O–H groups in total. The molecule has 0 aliphatic carbocycles. The quantitative estimate of drug-likeness (QED) is 0.286. The molecule has 0 radical (unpaired) electrons. The molecule has 0 aromatic carbocycles. The third-order valence-corrected chi connectivity index (χ3v) is 4.96. The molecule has 0 aromatic heterocycles. The SMILES string of the molecule is CC(C)N(POCOCOCSC(=O)CCN(C)C)C(C)C. The zero-order valence-corrected chi connectivity index (χ0v) is 16.4. The Morgan fingerprint density at radius 2 is 1.73 bits per heavy atom. The second-order valence-corrected chi connectivity index (χ2v) is 7.63. The summed E-state index contributed by atoms with van der Waals surface area (Å²) in [6.45, 7) is 9.68. The predicted molar refractivity (Wildman–Crippen MR) is 94.1 cm³/mol. The average Bonchev–Trinajstić information content (AvgIpc) is 2.42. The van der Waals surface area contributed by atoms with Crippen LogP contribution >= 0.6 is 20.7 Å². The molecule has 0 amide bonds. The summed E-state index contributed by atoms with van der Waals surface area (Å²) >= 11 is 1.18. The summed E-state index contributed by atoms with van der Waals surface area (Å²) in [7, 11) is 4.17. The number of carbonyl (C=O) groups excluding carboxylic acids is 1. The first-order valence-corrected chi connectivity index (χ1v) is 9.30. The van der Waals surface area contributed by atoms with Gasteiger partial charge >= 0.3 is 0 Å². The lowest BCUT2D eigenvalue weighted by Crippen LogP contribution is -2.29. The molecule has 132 valence electrons. The van der Waals surface area contributed by atoms with Gasteiger partial charge in [0.15, 0.2) is 18.7 Å². The lowest BCUT2D eigenvalue weighted by atomic mass is 10.3. The number of ether oxygens (including phenoxy) is 2. The number of carbonyl (C=O) groups is 1. The van der Waals surface area contributed by atoms with Gasteiger partial charge in [-0.1, -0.05) is 11.8 Å². The van der Waals surface area contributed by atoms with E-state index < -0.39 is 0 Å². The standard InChI is InChI=1S/C14H31N2O4PS/c1-12(2)16(13(3)4)21-20-10-18-9-19-11-22-14(17)7-8-15(5)6/h12-13,21H,7-11H2,1-6H3. The van der Waals surface area contributed by atoms with Crippen LogP contribution in [-0.4, -0.2) is 66.9 Å². The smallest absolute Gasteiger partial charge is 0.192 e. The van der Waals surface area contributed by atoms with Crippen molar-refractivity contribution in [2.24, 2.45) is 0 Å². The molecular weight excluding hydrogens is 323 g/mol. The first-order chi connectivity index (χ1) is 10.3. The van der Waals surface area contributed by atoms with Gasteiger partial charge in [-0.3, -0.25) is 9.46 Å². The van der Waals surface area contributed by atoms with Gasteiger partial charge in [-0.15, -0.1) is 0 Å². The van der Waals surface area contributed by atoms with Crippen molar-refractivity contribution in [1.82, 2.24) is 9.57 Å². The Bertz CT molecular complexity index is 286. The van der Waals surface area contributed by atoms with Crippen molar-refractivity contribution >= 4 is 25.8 Å². The number of rotatable bonds is 13. The summed E-state index contributed by atoms with van der Waals surface area (Å²) in [6, 6.07) is 0.887. The maximum atomic E-state index is 11.5. The molecule has 1 unspecified atom stereocenters. The third-order valence-electron chi connectivity index (χ3n) is 2.66. The lowest BCUT2D eigenvalue weighted by molar-refractivity contribution is -0.111. The summed E-state index contributed by atoms with van der Waals surface area (Å²) in [6.07, 6.45) is 0.534. The first-order valence-electron chi connectivity index (χ1n) is 7.46. The Morgan fingerprint density at radius 3 is 2.27 bits per heavy atom. The molecule has 0 heterocycles. The zero-order valence-electron chi connectivity index (χ0n) is 14.6. The van der Waals surface area contributed by atoms with Gasteiger partial charge in [0, 0.05) is 25.0 Å². The van der Waals surface area contributed by atoms with Crippen LogP contribution in [0.25, 0.3) is 0 Å². The summed E-state index contributed by atoms with van der Waals surface area (Å²) in [5.74, 6) is 0.318. The van der Waals surface area contributed by atoms with Crippen molar-refractivity contribution in [3.05, 3.63) is 0 Å². The van der Waals surface area contributed by atoms with Crippen molar-refractivity contribution in [3.63, 3.8) is 0 Å². The fourth-order valence-corrected chi connectivity index (χ4v) is 2.80. The Hall–Kier alpha value is 0.250. The van der Waals surface area contributed by atoms with Crippen LogP contribution in [-0.2, 0) is 18.8 Å². The van der Waals surface area contributed by atoms with E-state index in [9.17, 15) is 4.79 Å². The van der Waals surface area contributed by atoms with Crippen molar-refractivity contribution in [2.45, 2.75) is 46.2 Å². The second kappa shape index (κ2) is 13.7. The highest BCUT2D eigenvalue weighted by molar-refractivity contribution is 8.13. The topological polar surface area (TPSA) is 51.2 Å². The van der Waals surface area contributed by atoms with Crippen molar-refractivity contribution in [3.8, 4) is 0 Å². The van der Waals surface area contributed by atoms with Crippen molar-refractivity contribution in [2.75, 3.05) is 40.2 Å². The normalized spacial score (nSPS) is 12.6. The highest BCUT2D eigenvalue weighted by atomic mass is 32.2. The Labute approximate surface area is 141 Å². The van der Waals surface area contributed by atoms with E-state index in [0.717, 1.165) is 6.54 Å². The van der Waals surface area contributed by atoms with E-state index in [1.54, 1.807) is 0 Å². The third kappa shape index (κ3) is 12.8. The molecule has 0 aliphatic heterocycles. The molecule has 6 nitrogen and oxygen atoms in total. The van der Waals surface area contributed by atoms with Crippen LogP contribution in [0.15, 0.2) is 0 Å². The molecular formula is C14H31N2O4PS. The second-order valence-electron chi connectivity index (χ2n) is 5.66. The van der Waals surface area contributed by atoms with Crippen molar-refractivity contribution < 1.29 is 18.8 Å². The molecule has 0 aliphatic rings. The summed E-state index contributed by atoms with van der Waals surface area (Å²) < 4.78 is 18.2. The van der Waals surface area contributed by atoms with Crippen LogP contribution in [0.2, 0.25) is 0 Å². The number of hydrogen-bond acceptors (Lipinski definition) is 7. The monoisotopic (exact) mass is 354 g/mol. The van der Waals surface area contributed by atoms with E-state index in [-0.39, 0.29) is 27.7 Å². The van der Waals surface area contributed by atoms with E-state index in [0.29, 0.717) is 24.4 Å². The minimum atomic E-state index is 0.135. The molecule has 0 aromatic rings. The van der Waals surface area contributed by atoms with E-state index in [1.165, 1.54) is 11.8 Å². The molecule has 0 bridgehead atoms. The fraction of sp³-hybridized carbons (Fsp3) is 0.929. The van der Waals surface area contributed by atoms with Gasteiger partial charge < -0.3 is 18.9 Å². The molecule has 22 heavy (non-hydrogen) atoms. The van der Waals surface area contributed by atoms with Gasteiger partial charge in [-0.25, -0.2) is 0 Å². The van der Waals surface area contributed by atoms with Crippen molar-refractivity contribution in [1.29, 1.82) is 0 Å². The molecule has 8 heteroatoms. The zero-order chi connectivity index (χ0) is 17.0. The van der Waals surface area contributed by atoms with Gasteiger partial charge in [-0.05, 0) is 41.8 Å². The summed E-state index contributed by atoms with van der Waals surface area (Å²) in [5, 5.41) is 0.135. The van der Waals surface area contributed by atoms with Crippen LogP contribution in [0, 0.1) is 0 Å². The van der Waals surface area contributed by atoms with Crippen LogP contribution < -0.4 is 0 Å². The molecule has 0 rings (SSSR count). The number of hydrogen-bond donors (Lipinski definition) is 0. The molecule has 0 saturated carbocycles. The van der Waals surface area contributed by atoms with E-state index in [2.05, 4.69) is 32.4 Å². The van der Waals surface area contributed by atoms with Gasteiger partial charge in [-0.2, -0.15) is 0 Å². The Balaban J connectivity index is 3.45. The van der Waals surface area contributed by atoms with E-state index in [4.69, 9.17) is 14.0 Å². The van der Waals surface area contributed by atoms with Crippen LogP contribution in [0.4, 0.5) is 0 Å². The van der Waals surface area contributed by atoms with Gasteiger partial charge in [0.2, 0.25) is 0 Å². The molecule has 0 saturated heterocycles. The molecule has 1 atom stereocenters. The van der Waals surface area contributed by atoms with Gasteiger partial charge in [0.1, 0.15) is 5.94 Å². The molecule has 0 fully saturated rings. The van der Waals surface area contributed by atoms with E-state index in [1.807, 2.05) is 19.0 Å². The first kappa shape index (κ1) is 22.2. The van der Waals surface area contributed by atoms with Gasteiger partial charge in [0.05, 0.1) is 8.96 Å². The number of nitrogens with zero attached hydrogens (tertiary/aromatic N) is 2. The molecule has 0 spiro atoms. The van der Waals surface area contributed by atoms with Crippen LogP contribution in [0.1, 0.15) is 34.1 Å². The minimum Gasteiger partial charge on any atom is -0.344 e. The minimum absolute atomic E-state index is 0.135. The number of thioether (sulfide) groups is 1. The van der Waals surface area contributed by atoms with Crippen LogP contribution in [0.3, 0.4) is 0 Å². The Morgan fingerprint density at radius 1 is 1.09 bits per heavy atom. The van der Waals surface area contributed by atoms with Gasteiger partial charge in [0.25, 0.3) is 0 Å². The lowest BCUT2D eigenvalue weighted by Gasteiger charge is -2.29. The Kier molecular flexibility index (Phi) is 13.8. The fourth-order valence-electron chi connectivity index (χ4n) is 1.57. The summed E-state index contributed by atoms with van der Waals surface area (Å²) in [4.78, 5) is 13.5. The largest absolute Gasteiger partial charge is 0.344 e. The highest BCUT2D eigenvalue weighted by Gasteiger charge is 2.13. The summed E-state index contributed by atoms with van der Waals surface area (Å²) in [5.41, 5.74) is 0. The van der Waals surface area contributed by atoms with E-state index >= 15 is 0 Å². The predicted octanol–water partition coefficient (Wildman–Crippen LogP) is 2.75. The highest BCUT2D eigenvalue weighted by Crippen LogP contribution is 2.25.